The fourth-order valence-electron chi connectivity index (χ4n) is 3.52. The first-order chi connectivity index (χ1) is 13.2. The van der Waals surface area contributed by atoms with Crippen molar-refractivity contribution in [3.63, 3.8) is 0 Å². The maximum Gasteiger partial charge on any atom is 0.255 e. The van der Waals surface area contributed by atoms with Gasteiger partial charge in [-0.3, -0.25) is 9.59 Å². The lowest BCUT2D eigenvalue weighted by Crippen LogP contribution is -2.18. The van der Waals surface area contributed by atoms with E-state index < -0.39 is 0 Å². The van der Waals surface area contributed by atoms with E-state index in [2.05, 4.69) is 15.3 Å². The van der Waals surface area contributed by atoms with Crippen molar-refractivity contribution in [1.82, 2.24) is 9.97 Å². The van der Waals surface area contributed by atoms with Crippen molar-refractivity contribution in [2.24, 2.45) is 0 Å². The number of ketones is 1. The number of hydrogen-bond acceptors (Lipinski definition) is 4. The number of benzene rings is 3. The summed E-state index contributed by atoms with van der Waals surface area (Å²) in [6, 6.07) is 19.8. The van der Waals surface area contributed by atoms with Crippen LogP contribution in [0, 0.1) is 0 Å². The number of aromatic nitrogens is 2. The third-order valence-corrected chi connectivity index (χ3v) is 4.74. The molecule has 0 atom stereocenters. The van der Waals surface area contributed by atoms with Crippen LogP contribution in [0.1, 0.15) is 26.3 Å². The predicted octanol–water partition coefficient (Wildman–Crippen LogP) is 4.09. The lowest BCUT2D eigenvalue weighted by atomic mass is 9.85. The molecule has 4 aromatic rings. The van der Waals surface area contributed by atoms with Crippen LogP contribution in [0.5, 0.6) is 0 Å². The number of hydrogen-bond donors (Lipinski definition) is 1. The lowest BCUT2D eigenvalue weighted by molar-refractivity contribution is 0.102. The van der Waals surface area contributed by atoms with Gasteiger partial charge in [-0.25, -0.2) is 9.97 Å². The van der Waals surface area contributed by atoms with Gasteiger partial charge in [0, 0.05) is 22.1 Å². The lowest BCUT2D eigenvalue weighted by Gasteiger charge is -2.21. The SMILES string of the molecule is O=C(Nc1cccc2c1C(=O)c1cccc3ncnc-2c13)c1ccccc1. The van der Waals surface area contributed by atoms with Crippen molar-refractivity contribution >= 4 is 28.3 Å². The van der Waals surface area contributed by atoms with Gasteiger partial charge in [-0.2, -0.15) is 0 Å². The van der Waals surface area contributed by atoms with Crippen molar-refractivity contribution in [2.45, 2.75) is 0 Å². The molecule has 1 aliphatic rings. The molecule has 0 saturated heterocycles. The van der Waals surface area contributed by atoms with E-state index in [4.69, 9.17) is 0 Å². The van der Waals surface area contributed by atoms with Gasteiger partial charge in [0.2, 0.25) is 0 Å². The Hall–Kier alpha value is -3.86. The Bertz CT molecular complexity index is 1230. The minimum absolute atomic E-state index is 0.137. The molecule has 1 N–H and O–H groups in total. The Morgan fingerprint density at radius 3 is 2.44 bits per heavy atom. The van der Waals surface area contributed by atoms with E-state index in [1.807, 2.05) is 30.3 Å². The molecule has 0 bridgehead atoms. The third-order valence-electron chi connectivity index (χ3n) is 4.74. The Kier molecular flexibility index (Phi) is 3.33. The topological polar surface area (TPSA) is 72.0 Å². The van der Waals surface area contributed by atoms with E-state index in [1.165, 1.54) is 6.33 Å². The predicted molar refractivity (Wildman–Crippen MR) is 103 cm³/mol. The van der Waals surface area contributed by atoms with Crippen LogP contribution in [-0.4, -0.2) is 21.7 Å². The van der Waals surface area contributed by atoms with Crippen molar-refractivity contribution in [3.8, 4) is 11.3 Å². The van der Waals surface area contributed by atoms with Gasteiger partial charge in [0.25, 0.3) is 5.91 Å². The normalized spacial score (nSPS) is 11.9. The zero-order chi connectivity index (χ0) is 18.4. The van der Waals surface area contributed by atoms with Crippen LogP contribution in [0.25, 0.3) is 22.2 Å². The van der Waals surface area contributed by atoms with E-state index in [1.54, 1.807) is 36.4 Å². The van der Waals surface area contributed by atoms with E-state index in [0.29, 0.717) is 33.6 Å². The molecule has 0 unspecified atom stereocenters. The third kappa shape index (κ3) is 2.33. The quantitative estimate of drug-likeness (QED) is 0.520. The van der Waals surface area contributed by atoms with Crippen LogP contribution in [0.2, 0.25) is 0 Å². The molecule has 3 aromatic carbocycles. The maximum atomic E-state index is 13.2. The smallest absolute Gasteiger partial charge is 0.255 e. The molecule has 27 heavy (non-hydrogen) atoms. The van der Waals surface area contributed by atoms with Gasteiger partial charge in [0.05, 0.1) is 22.5 Å². The van der Waals surface area contributed by atoms with Crippen molar-refractivity contribution < 1.29 is 9.59 Å². The molecule has 1 heterocycles. The van der Waals surface area contributed by atoms with Crippen LogP contribution in [0.15, 0.2) is 73.1 Å². The highest BCUT2D eigenvalue weighted by atomic mass is 16.1. The fraction of sp³-hybridized carbons (Fsp3) is 0. The molecule has 1 aromatic heterocycles. The zero-order valence-corrected chi connectivity index (χ0v) is 14.1. The summed E-state index contributed by atoms with van der Waals surface area (Å²) in [5, 5.41) is 3.63. The average molecular weight is 351 g/mol. The Balaban J connectivity index is 1.69. The van der Waals surface area contributed by atoms with Crippen molar-refractivity contribution in [3.05, 3.63) is 89.7 Å². The molecule has 0 aliphatic heterocycles. The summed E-state index contributed by atoms with van der Waals surface area (Å²) in [7, 11) is 0. The van der Waals surface area contributed by atoms with Crippen LogP contribution in [-0.2, 0) is 0 Å². The molecule has 0 radical (unpaired) electrons. The van der Waals surface area contributed by atoms with Crippen LogP contribution >= 0.6 is 0 Å². The van der Waals surface area contributed by atoms with Crippen LogP contribution in [0.3, 0.4) is 0 Å². The van der Waals surface area contributed by atoms with E-state index in [-0.39, 0.29) is 11.7 Å². The monoisotopic (exact) mass is 351 g/mol. The number of carbonyl (C=O) groups is 2. The highest BCUT2D eigenvalue weighted by molar-refractivity contribution is 6.27. The van der Waals surface area contributed by atoms with E-state index >= 15 is 0 Å². The molecule has 1 amide bonds. The van der Waals surface area contributed by atoms with Gasteiger partial charge < -0.3 is 5.32 Å². The van der Waals surface area contributed by atoms with Crippen molar-refractivity contribution in [1.29, 1.82) is 0 Å². The summed E-state index contributed by atoms with van der Waals surface area (Å²) in [5.41, 5.74) is 4.17. The Morgan fingerprint density at radius 2 is 1.59 bits per heavy atom. The molecule has 5 nitrogen and oxygen atoms in total. The van der Waals surface area contributed by atoms with Gasteiger partial charge in [-0.05, 0) is 24.3 Å². The van der Waals surface area contributed by atoms with E-state index in [0.717, 1.165) is 10.9 Å². The van der Waals surface area contributed by atoms with Gasteiger partial charge in [-0.1, -0.05) is 42.5 Å². The first kappa shape index (κ1) is 15.4. The number of amides is 1. The van der Waals surface area contributed by atoms with Gasteiger partial charge in [0.15, 0.2) is 5.78 Å². The average Bonchev–Trinajstić information content (AvgIpc) is 2.72. The highest BCUT2D eigenvalue weighted by Crippen LogP contribution is 2.40. The number of fused-ring (bicyclic) bond motifs is 2. The number of nitrogens with zero attached hydrogens (tertiary/aromatic N) is 2. The molecule has 1 aliphatic carbocycles. The Labute approximate surface area is 154 Å². The second-order valence-electron chi connectivity index (χ2n) is 6.30. The van der Waals surface area contributed by atoms with Gasteiger partial charge in [-0.15, -0.1) is 0 Å². The number of anilines is 1. The maximum absolute atomic E-state index is 13.2. The summed E-state index contributed by atoms with van der Waals surface area (Å²) in [6.45, 7) is 0. The number of carbonyl (C=O) groups excluding carboxylic acids is 2. The first-order valence-corrected chi connectivity index (χ1v) is 8.52. The minimum atomic E-state index is -0.261. The molecular formula is C22H13N3O2. The summed E-state index contributed by atoms with van der Waals surface area (Å²) < 4.78 is 0. The first-order valence-electron chi connectivity index (χ1n) is 8.52. The second-order valence-corrected chi connectivity index (χ2v) is 6.30. The standard InChI is InChI=1S/C22H13N3O2/c26-21-15-9-5-10-16-18(15)20(24-12-23-16)14-8-4-11-17(19(14)21)25-22(27)13-6-2-1-3-7-13/h1-12H,(H,25,27). The summed E-state index contributed by atoms with van der Waals surface area (Å²) in [6.07, 6.45) is 1.50. The summed E-state index contributed by atoms with van der Waals surface area (Å²) in [5.74, 6) is -0.398. The molecule has 128 valence electrons. The summed E-state index contributed by atoms with van der Waals surface area (Å²) >= 11 is 0. The van der Waals surface area contributed by atoms with Gasteiger partial charge in [0.1, 0.15) is 6.33 Å². The highest BCUT2D eigenvalue weighted by Gasteiger charge is 2.29. The fourth-order valence-corrected chi connectivity index (χ4v) is 3.52. The largest absolute Gasteiger partial charge is 0.321 e. The molecular weight excluding hydrogens is 338 g/mol. The van der Waals surface area contributed by atoms with E-state index in [9.17, 15) is 9.59 Å². The molecule has 0 fully saturated rings. The van der Waals surface area contributed by atoms with Crippen molar-refractivity contribution in [2.75, 3.05) is 5.32 Å². The minimum Gasteiger partial charge on any atom is -0.321 e. The second kappa shape index (κ2) is 5.85. The van der Waals surface area contributed by atoms with Gasteiger partial charge >= 0.3 is 0 Å². The molecule has 5 rings (SSSR count). The Morgan fingerprint density at radius 1 is 0.815 bits per heavy atom. The molecule has 0 spiro atoms. The van der Waals surface area contributed by atoms with Crippen LogP contribution in [0.4, 0.5) is 5.69 Å². The zero-order valence-electron chi connectivity index (χ0n) is 14.1. The molecule has 5 heteroatoms. The van der Waals surface area contributed by atoms with Crippen LogP contribution < -0.4 is 5.32 Å². The molecule has 0 saturated carbocycles. The number of rotatable bonds is 2. The summed E-state index contributed by atoms with van der Waals surface area (Å²) in [4.78, 5) is 34.5. The number of nitrogens with one attached hydrogen (secondary N) is 1.